The van der Waals surface area contributed by atoms with Crippen LogP contribution in [0.2, 0.25) is 0 Å². The lowest BCUT2D eigenvalue weighted by molar-refractivity contribution is -0.137. The van der Waals surface area contributed by atoms with E-state index in [-0.39, 0.29) is 16.9 Å². The molecule has 1 aliphatic heterocycles. The van der Waals surface area contributed by atoms with Crippen LogP contribution < -0.4 is 10.6 Å². The van der Waals surface area contributed by atoms with Crippen molar-refractivity contribution in [3.05, 3.63) is 119 Å². The number of carbonyl (C=O) groups excluding carboxylic acids is 1. The Morgan fingerprint density at radius 3 is 2.40 bits per heavy atom. The van der Waals surface area contributed by atoms with Gasteiger partial charge in [-0.15, -0.1) is 0 Å². The zero-order chi connectivity index (χ0) is 28.3. The molecule has 1 heterocycles. The minimum absolute atomic E-state index is 0.151. The van der Waals surface area contributed by atoms with E-state index in [9.17, 15) is 23.1 Å². The van der Waals surface area contributed by atoms with Crippen LogP contribution >= 0.6 is 12.2 Å². The minimum Gasteiger partial charge on any atom is -0.507 e. The Labute approximate surface area is 235 Å². The molecule has 0 radical (unpaired) electrons. The Balaban J connectivity index is 1.28. The van der Waals surface area contributed by atoms with E-state index in [1.807, 2.05) is 42.5 Å². The second-order valence-electron chi connectivity index (χ2n) is 9.53. The first-order chi connectivity index (χ1) is 19.2. The number of halogens is 3. The second kappa shape index (κ2) is 11.4. The number of rotatable bonds is 5. The monoisotopic (exact) mass is 561 g/mol. The fourth-order valence-corrected chi connectivity index (χ4v) is 4.97. The van der Waals surface area contributed by atoms with E-state index in [0.29, 0.717) is 29.5 Å². The number of thiocarbonyl (C=S) groups is 1. The molecule has 1 aliphatic rings. The van der Waals surface area contributed by atoms with Crippen molar-refractivity contribution in [1.82, 2.24) is 10.2 Å². The van der Waals surface area contributed by atoms with Crippen molar-refractivity contribution in [2.45, 2.75) is 25.7 Å². The number of hydrogen-bond donors (Lipinski definition) is 3. The first-order valence-electron chi connectivity index (χ1n) is 12.7. The Morgan fingerprint density at radius 1 is 0.925 bits per heavy atom. The summed E-state index contributed by atoms with van der Waals surface area (Å²) < 4.78 is 39.0. The van der Waals surface area contributed by atoms with E-state index in [0.717, 1.165) is 41.8 Å². The molecule has 0 saturated heterocycles. The maximum Gasteiger partial charge on any atom is 0.416 e. The van der Waals surface area contributed by atoms with Crippen molar-refractivity contribution in [2.75, 3.05) is 11.9 Å². The summed E-state index contributed by atoms with van der Waals surface area (Å²) in [6, 6.07) is 24.5. The molecular formula is C31H26F3N3O2S. The number of aromatic hydroxyl groups is 1. The fraction of sp³-hybridized carbons (Fsp3) is 0.161. The molecule has 4 aromatic carbocycles. The summed E-state index contributed by atoms with van der Waals surface area (Å²) in [5.41, 5.74) is 3.75. The molecule has 9 heteroatoms. The highest BCUT2D eigenvalue weighted by molar-refractivity contribution is 7.80. The molecule has 0 bridgehead atoms. The number of anilines is 1. The van der Waals surface area contributed by atoms with Crippen molar-refractivity contribution in [3.8, 4) is 16.9 Å². The van der Waals surface area contributed by atoms with Crippen LogP contribution in [0.5, 0.6) is 5.75 Å². The van der Waals surface area contributed by atoms with Crippen molar-refractivity contribution in [1.29, 1.82) is 0 Å². The first kappa shape index (κ1) is 27.2. The predicted octanol–water partition coefficient (Wildman–Crippen LogP) is 6.76. The van der Waals surface area contributed by atoms with Crippen molar-refractivity contribution < 1.29 is 23.1 Å². The average molecular weight is 562 g/mol. The third-order valence-electron chi connectivity index (χ3n) is 6.84. The van der Waals surface area contributed by atoms with Crippen LogP contribution in [0, 0.1) is 0 Å². The van der Waals surface area contributed by atoms with E-state index in [2.05, 4.69) is 15.5 Å². The Morgan fingerprint density at radius 2 is 1.68 bits per heavy atom. The highest BCUT2D eigenvalue weighted by Gasteiger charge is 2.30. The van der Waals surface area contributed by atoms with Gasteiger partial charge in [-0.05, 0) is 77.3 Å². The topological polar surface area (TPSA) is 64.6 Å². The lowest BCUT2D eigenvalue weighted by Gasteiger charge is -2.31. The molecule has 40 heavy (non-hydrogen) atoms. The van der Waals surface area contributed by atoms with Crippen LogP contribution in [0.25, 0.3) is 11.1 Å². The fourth-order valence-electron chi connectivity index (χ4n) is 4.75. The third kappa shape index (κ3) is 6.10. The molecule has 0 saturated carbocycles. The summed E-state index contributed by atoms with van der Waals surface area (Å²) in [6.45, 7) is 2.03. The largest absolute Gasteiger partial charge is 0.507 e. The molecule has 0 aromatic heterocycles. The third-order valence-corrected chi connectivity index (χ3v) is 7.24. The van der Waals surface area contributed by atoms with E-state index in [4.69, 9.17) is 12.2 Å². The van der Waals surface area contributed by atoms with Gasteiger partial charge in [-0.2, -0.15) is 13.2 Å². The van der Waals surface area contributed by atoms with Crippen LogP contribution in [-0.2, 0) is 25.7 Å². The van der Waals surface area contributed by atoms with Gasteiger partial charge in [-0.3, -0.25) is 4.79 Å². The maximum absolute atomic E-state index is 13.2. The van der Waals surface area contributed by atoms with E-state index in [1.54, 1.807) is 6.07 Å². The summed E-state index contributed by atoms with van der Waals surface area (Å²) in [4.78, 5) is 15.4. The molecule has 4 aromatic rings. The van der Waals surface area contributed by atoms with Crippen molar-refractivity contribution in [2.24, 2.45) is 0 Å². The Kier molecular flexibility index (Phi) is 7.75. The summed E-state index contributed by atoms with van der Waals surface area (Å²) in [5.74, 6) is -0.677. The number of alkyl halides is 3. The summed E-state index contributed by atoms with van der Waals surface area (Å²) >= 11 is 5.61. The molecule has 0 fully saturated rings. The Hall–Kier alpha value is -4.37. The highest BCUT2D eigenvalue weighted by Crippen LogP contribution is 2.36. The molecule has 3 N–H and O–H groups in total. The number of phenolic OH excluding ortho intramolecular Hbond substituents is 1. The SMILES string of the molecule is O=C(Nc1ccc2c(c1)CCN(C(=S)NCc1ccccc1)C2)c1cccc(O)c1-c1ccc(C(F)(F)F)cc1. The van der Waals surface area contributed by atoms with Crippen LogP contribution in [0.3, 0.4) is 0 Å². The van der Waals surface area contributed by atoms with Gasteiger partial charge < -0.3 is 20.6 Å². The second-order valence-corrected chi connectivity index (χ2v) is 9.91. The summed E-state index contributed by atoms with van der Waals surface area (Å²) in [5, 5.41) is 17.4. The number of nitrogens with one attached hydrogen (secondary N) is 2. The molecule has 0 unspecified atom stereocenters. The molecule has 1 amide bonds. The minimum atomic E-state index is -4.48. The predicted molar refractivity (Wildman–Crippen MR) is 153 cm³/mol. The number of nitrogens with zero attached hydrogens (tertiary/aromatic N) is 1. The van der Waals surface area contributed by atoms with Gasteiger partial charge in [-0.25, -0.2) is 0 Å². The van der Waals surface area contributed by atoms with Gasteiger partial charge in [-0.1, -0.05) is 54.6 Å². The number of benzene rings is 4. The van der Waals surface area contributed by atoms with Gasteiger partial charge in [0.15, 0.2) is 5.11 Å². The average Bonchev–Trinajstić information content (AvgIpc) is 2.95. The van der Waals surface area contributed by atoms with Gasteiger partial charge in [0.2, 0.25) is 0 Å². The number of carbonyl (C=O) groups is 1. The lowest BCUT2D eigenvalue weighted by Crippen LogP contribution is -2.42. The van der Waals surface area contributed by atoms with Gasteiger partial charge >= 0.3 is 6.18 Å². The zero-order valence-electron chi connectivity index (χ0n) is 21.3. The molecule has 5 rings (SSSR count). The van der Waals surface area contributed by atoms with Gasteiger partial charge in [0.05, 0.1) is 11.1 Å². The van der Waals surface area contributed by atoms with Crippen LogP contribution in [0.1, 0.15) is 32.6 Å². The number of amides is 1. The van der Waals surface area contributed by atoms with Crippen molar-refractivity contribution in [3.63, 3.8) is 0 Å². The zero-order valence-corrected chi connectivity index (χ0v) is 22.1. The number of fused-ring (bicyclic) bond motifs is 1. The van der Waals surface area contributed by atoms with Gasteiger partial charge in [0.1, 0.15) is 5.75 Å². The molecule has 204 valence electrons. The van der Waals surface area contributed by atoms with E-state index < -0.39 is 17.6 Å². The van der Waals surface area contributed by atoms with Crippen LogP contribution in [0.15, 0.2) is 91.0 Å². The first-order valence-corrected chi connectivity index (χ1v) is 13.1. The van der Waals surface area contributed by atoms with E-state index >= 15 is 0 Å². The van der Waals surface area contributed by atoms with Crippen LogP contribution in [-0.4, -0.2) is 27.6 Å². The maximum atomic E-state index is 13.2. The van der Waals surface area contributed by atoms with E-state index in [1.165, 1.54) is 30.3 Å². The molecule has 0 spiro atoms. The van der Waals surface area contributed by atoms with Crippen LogP contribution in [0.4, 0.5) is 18.9 Å². The lowest BCUT2D eigenvalue weighted by atomic mass is 9.96. The van der Waals surface area contributed by atoms with Crippen molar-refractivity contribution >= 4 is 28.9 Å². The number of phenols is 1. The van der Waals surface area contributed by atoms with Gasteiger partial charge in [0, 0.05) is 30.9 Å². The highest BCUT2D eigenvalue weighted by atomic mass is 32.1. The number of hydrogen-bond acceptors (Lipinski definition) is 3. The smallest absolute Gasteiger partial charge is 0.416 e. The van der Waals surface area contributed by atoms with Gasteiger partial charge in [0.25, 0.3) is 5.91 Å². The Bertz CT molecular complexity index is 1540. The molecule has 0 atom stereocenters. The quantitative estimate of drug-likeness (QED) is 0.235. The molecule has 0 aliphatic carbocycles. The summed E-state index contributed by atoms with van der Waals surface area (Å²) in [6.07, 6.45) is -3.74. The summed E-state index contributed by atoms with van der Waals surface area (Å²) in [7, 11) is 0. The standard InChI is InChI=1S/C31H26F3N3O2S/c32-31(33,34)24-12-9-21(10-13-24)28-26(7-4-8-27(28)38)29(39)36-25-14-11-23-19-37(16-15-22(23)17-25)30(40)35-18-20-5-2-1-3-6-20/h1-14,17,38H,15-16,18-19H2,(H,35,40)(H,36,39). The normalized spacial score (nSPS) is 12.9. The molecular weight excluding hydrogens is 535 g/mol. The molecule has 5 nitrogen and oxygen atoms in total.